The highest BCUT2D eigenvalue weighted by Gasteiger charge is 2.10. The maximum absolute atomic E-state index is 12.2. The van der Waals surface area contributed by atoms with E-state index in [1.165, 1.54) is 10.3 Å². The van der Waals surface area contributed by atoms with Crippen LogP contribution in [0, 0.1) is 5.92 Å². The molecule has 2 heterocycles. The van der Waals surface area contributed by atoms with Gasteiger partial charge >= 0.3 is 0 Å². The Bertz CT molecular complexity index is 551. The van der Waals surface area contributed by atoms with Gasteiger partial charge in [0.15, 0.2) is 0 Å². The number of anilines is 1. The zero-order chi connectivity index (χ0) is 14.5. The molecule has 1 aliphatic heterocycles. The summed E-state index contributed by atoms with van der Waals surface area (Å²) < 4.78 is 2.06. The van der Waals surface area contributed by atoms with Crippen molar-refractivity contribution in [3.05, 3.63) is 32.7 Å². The summed E-state index contributed by atoms with van der Waals surface area (Å²) in [4.78, 5) is 12.2. The smallest absolute Gasteiger partial charge is 0.283 e. The molecular formula is C14H21BrN4O. The largest absolute Gasteiger partial charge is 0.379 e. The third-order valence-corrected chi connectivity index (χ3v) is 3.95. The Morgan fingerprint density at radius 3 is 3.00 bits per heavy atom. The first-order valence-corrected chi connectivity index (χ1v) is 7.75. The van der Waals surface area contributed by atoms with Crippen molar-refractivity contribution in [3.63, 3.8) is 0 Å². The van der Waals surface area contributed by atoms with Gasteiger partial charge in [-0.05, 0) is 34.8 Å². The van der Waals surface area contributed by atoms with Crippen molar-refractivity contribution in [2.45, 2.75) is 26.8 Å². The quantitative estimate of drug-likeness (QED) is 0.805. The normalized spacial score (nSPS) is 15.3. The minimum atomic E-state index is -0.0806. The van der Waals surface area contributed by atoms with Gasteiger partial charge in [-0.1, -0.05) is 25.5 Å². The van der Waals surface area contributed by atoms with Crippen molar-refractivity contribution in [2.24, 2.45) is 5.92 Å². The minimum Gasteiger partial charge on any atom is -0.379 e. The van der Waals surface area contributed by atoms with Gasteiger partial charge in [0.05, 0.1) is 11.9 Å². The van der Waals surface area contributed by atoms with Crippen LogP contribution in [0.15, 0.2) is 27.1 Å². The van der Waals surface area contributed by atoms with Crippen LogP contribution < -0.4 is 16.2 Å². The molecule has 1 aliphatic rings. The number of nitrogens with one attached hydrogen (secondary N) is 2. The van der Waals surface area contributed by atoms with Gasteiger partial charge in [0.1, 0.15) is 4.47 Å². The highest BCUT2D eigenvalue weighted by Crippen LogP contribution is 2.17. The minimum absolute atomic E-state index is 0.0806. The summed E-state index contributed by atoms with van der Waals surface area (Å²) in [7, 11) is 0. The van der Waals surface area contributed by atoms with Crippen molar-refractivity contribution < 1.29 is 0 Å². The van der Waals surface area contributed by atoms with E-state index >= 15 is 0 Å². The Hall–Kier alpha value is -1.14. The van der Waals surface area contributed by atoms with Crippen molar-refractivity contribution in [1.29, 1.82) is 0 Å². The third kappa shape index (κ3) is 3.93. The number of rotatable bonds is 5. The van der Waals surface area contributed by atoms with Crippen LogP contribution in [0.4, 0.5) is 5.69 Å². The predicted octanol–water partition coefficient (Wildman–Crippen LogP) is 1.99. The van der Waals surface area contributed by atoms with Crippen molar-refractivity contribution in [2.75, 3.05) is 25.0 Å². The highest BCUT2D eigenvalue weighted by molar-refractivity contribution is 9.10. The molecule has 0 saturated heterocycles. The number of hydrogen-bond acceptors (Lipinski definition) is 4. The molecule has 0 amide bonds. The van der Waals surface area contributed by atoms with Crippen LogP contribution in [-0.2, 0) is 6.54 Å². The van der Waals surface area contributed by atoms with Crippen molar-refractivity contribution in [3.8, 4) is 0 Å². The second-order valence-corrected chi connectivity index (χ2v) is 6.22. The third-order valence-electron chi connectivity index (χ3n) is 3.19. The number of aromatic nitrogens is 2. The zero-order valence-electron chi connectivity index (χ0n) is 11.9. The maximum atomic E-state index is 12.2. The molecule has 0 atom stereocenters. The molecule has 5 nitrogen and oxygen atoms in total. The molecule has 1 aromatic heterocycles. The van der Waals surface area contributed by atoms with Gasteiger partial charge in [0.25, 0.3) is 5.56 Å². The monoisotopic (exact) mass is 340 g/mol. The Balaban J connectivity index is 2.07. The Morgan fingerprint density at radius 2 is 2.35 bits per heavy atom. The lowest BCUT2D eigenvalue weighted by Gasteiger charge is -2.16. The second-order valence-electron chi connectivity index (χ2n) is 5.42. The van der Waals surface area contributed by atoms with Gasteiger partial charge in [-0.2, -0.15) is 5.10 Å². The SMILES string of the molecule is CC(C)Cn1ncc(NCC2=CCNCC2)c(Br)c1=O. The molecular weight excluding hydrogens is 320 g/mol. The van der Waals surface area contributed by atoms with Crippen molar-refractivity contribution >= 4 is 21.6 Å². The molecule has 6 heteroatoms. The molecule has 0 unspecified atom stereocenters. The Morgan fingerprint density at radius 1 is 1.55 bits per heavy atom. The summed E-state index contributed by atoms with van der Waals surface area (Å²) in [5.41, 5.74) is 2.04. The van der Waals surface area contributed by atoms with E-state index in [1.54, 1.807) is 6.20 Å². The lowest BCUT2D eigenvalue weighted by molar-refractivity contribution is 0.462. The van der Waals surface area contributed by atoms with Crippen LogP contribution in [0.3, 0.4) is 0 Å². The maximum Gasteiger partial charge on any atom is 0.283 e. The van der Waals surface area contributed by atoms with E-state index in [9.17, 15) is 4.79 Å². The summed E-state index contributed by atoms with van der Waals surface area (Å²) in [6.07, 6.45) is 4.95. The van der Waals surface area contributed by atoms with E-state index in [0.29, 0.717) is 16.9 Å². The molecule has 0 spiro atoms. The molecule has 0 bridgehead atoms. The molecule has 2 N–H and O–H groups in total. The molecule has 0 radical (unpaired) electrons. The molecule has 110 valence electrons. The molecule has 0 aliphatic carbocycles. The number of hydrogen-bond donors (Lipinski definition) is 2. The van der Waals surface area contributed by atoms with Crippen LogP contribution in [-0.4, -0.2) is 29.4 Å². The molecule has 1 aromatic rings. The molecule has 2 rings (SSSR count). The van der Waals surface area contributed by atoms with E-state index in [0.717, 1.165) is 31.7 Å². The van der Waals surface area contributed by atoms with Gasteiger partial charge in [-0.25, -0.2) is 4.68 Å². The highest BCUT2D eigenvalue weighted by atomic mass is 79.9. The molecule has 0 saturated carbocycles. The average Bonchev–Trinajstić information content (AvgIpc) is 2.44. The predicted molar refractivity (Wildman–Crippen MR) is 85.1 cm³/mol. The fraction of sp³-hybridized carbons (Fsp3) is 0.571. The van der Waals surface area contributed by atoms with E-state index in [2.05, 4.69) is 51.6 Å². The summed E-state index contributed by atoms with van der Waals surface area (Å²) in [6.45, 7) is 7.47. The molecule has 20 heavy (non-hydrogen) atoms. The van der Waals surface area contributed by atoms with E-state index in [-0.39, 0.29) is 5.56 Å². The summed E-state index contributed by atoms with van der Waals surface area (Å²) >= 11 is 3.38. The standard InChI is InChI=1S/C14H21BrN4O/c1-10(2)9-19-14(20)13(15)12(8-18-19)17-7-11-3-5-16-6-4-11/h3,8,10,16-17H,4-7,9H2,1-2H3. The zero-order valence-corrected chi connectivity index (χ0v) is 13.5. The average molecular weight is 341 g/mol. The fourth-order valence-corrected chi connectivity index (χ4v) is 2.55. The summed E-state index contributed by atoms with van der Waals surface area (Å²) in [6, 6.07) is 0. The Labute approximate surface area is 127 Å². The van der Waals surface area contributed by atoms with Gasteiger partial charge in [-0.3, -0.25) is 4.79 Å². The fourth-order valence-electron chi connectivity index (χ4n) is 2.10. The second kappa shape index (κ2) is 7.04. The number of nitrogens with zero attached hydrogens (tertiary/aromatic N) is 2. The van der Waals surface area contributed by atoms with E-state index in [4.69, 9.17) is 0 Å². The van der Waals surface area contributed by atoms with Crippen LogP contribution in [0.25, 0.3) is 0 Å². The van der Waals surface area contributed by atoms with Crippen LogP contribution >= 0.6 is 15.9 Å². The van der Waals surface area contributed by atoms with Crippen molar-refractivity contribution in [1.82, 2.24) is 15.1 Å². The summed E-state index contributed by atoms with van der Waals surface area (Å²) in [5, 5.41) is 10.8. The molecule has 0 fully saturated rings. The Kier molecular flexibility index (Phi) is 5.37. The van der Waals surface area contributed by atoms with Gasteiger partial charge in [-0.15, -0.1) is 0 Å². The number of halogens is 1. The van der Waals surface area contributed by atoms with Crippen LogP contribution in [0.5, 0.6) is 0 Å². The van der Waals surface area contributed by atoms with Crippen LogP contribution in [0.1, 0.15) is 20.3 Å². The lowest BCUT2D eigenvalue weighted by Crippen LogP contribution is -2.27. The molecule has 0 aromatic carbocycles. The summed E-state index contributed by atoms with van der Waals surface area (Å²) in [5.74, 6) is 0.394. The van der Waals surface area contributed by atoms with E-state index < -0.39 is 0 Å². The first kappa shape index (κ1) is 15.3. The van der Waals surface area contributed by atoms with Crippen LogP contribution in [0.2, 0.25) is 0 Å². The van der Waals surface area contributed by atoms with E-state index in [1.807, 2.05) is 0 Å². The van der Waals surface area contributed by atoms with Gasteiger partial charge in [0.2, 0.25) is 0 Å². The first-order valence-electron chi connectivity index (χ1n) is 6.96. The van der Waals surface area contributed by atoms with Gasteiger partial charge < -0.3 is 10.6 Å². The lowest BCUT2D eigenvalue weighted by atomic mass is 10.1. The first-order chi connectivity index (χ1) is 9.58. The topological polar surface area (TPSA) is 59.0 Å². The van der Waals surface area contributed by atoms with Gasteiger partial charge in [0, 0.05) is 19.6 Å².